The van der Waals surface area contributed by atoms with Gasteiger partial charge in [0.1, 0.15) is 22.8 Å². The van der Waals surface area contributed by atoms with E-state index in [0.717, 1.165) is 51.7 Å². The maximum absolute atomic E-state index is 15.2. The minimum Gasteiger partial charge on any atom is -0.437 e. The number of thiophene rings is 1. The molecule has 0 radical (unpaired) electrons. The Balaban J connectivity index is 1.01. The number of hydrogen-bond acceptors (Lipinski definition) is 9. The summed E-state index contributed by atoms with van der Waals surface area (Å²) >= 11 is 1.07. The fourth-order valence-electron chi connectivity index (χ4n) is 7.27. The van der Waals surface area contributed by atoms with Crippen LogP contribution < -0.4 is 16.0 Å². The van der Waals surface area contributed by atoms with Crippen LogP contribution in [0.1, 0.15) is 51.7 Å². The number of piperidine rings is 2. The zero-order valence-corrected chi connectivity index (χ0v) is 31.0. The minimum atomic E-state index is -4.60. The van der Waals surface area contributed by atoms with Gasteiger partial charge >= 0.3 is 6.18 Å². The maximum atomic E-state index is 15.2. The summed E-state index contributed by atoms with van der Waals surface area (Å²) in [5.41, 5.74) is 4.87. The Labute approximate surface area is 323 Å². The van der Waals surface area contributed by atoms with Gasteiger partial charge in [0.2, 0.25) is 11.8 Å². The first kappa shape index (κ1) is 38.7. The summed E-state index contributed by atoms with van der Waals surface area (Å²) in [5, 5.41) is 11.5. The molecule has 2 atom stereocenters. The molecule has 7 rings (SSSR count). The van der Waals surface area contributed by atoms with Gasteiger partial charge in [-0.15, -0.1) is 11.3 Å². The van der Waals surface area contributed by atoms with Crippen LogP contribution in [-0.2, 0) is 17.5 Å². The molecule has 16 heteroatoms. The van der Waals surface area contributed by atoms with E-state index in [1.165, 1.54) is 12.1 Å². The van der Waals surface area contributed by atoms with E-state index >= 15 is 4.39 Å². The van der Waals surface area contributed by atoms with Crippen LogP contribution in [0.2, 0.25) is 0 Å². The molecular formula is C40H38F4N6O5S. The second-order valence-corrected chi connectivity index (χ2v) is 15.3. The average molecular weight is 791 g/mol. The van der Waals surface area contributed by atoms with Gasteiger partial charge in [0.15, 0.2) is 5.69 Å². The lowest BCUT2D eigenvalue weighted by molar-refractivity contribution is -0.142. The van der Waals surface area contributed by atoms with E-state index in [1.54, 1.807) is 16.0 Å². The highest BCUT2D eigenvalue weighted by Gasteiger charge is 2.42. The van der Waals surface area contributed by atoms with Gasteiger partial charge in [0, 0.05) is 60.3 Å². The van der Waals surface area contributed by atoms with Gasteiger partial charge in [-0.3, -0.25) is 23.9 Å². The number of nitrogen functional groups attached to an aromatic ring is 1. The summed E-state index contributed by atoms with van der Waals surface area (Å²) in [6.45, 7) is 2.51. The van der Waals surface area contributed by atoms with E-state index in [0.29, 0.717) is 16.9 Å². The summed E-state index contributed by atoms with van der Waals surface area (Å²) in [6, 6.07) is 18.5. The number of nitrogens with zero attached hydrogens (tertiary/aromatic N) is 5. The molecule has 0 bridgehead atoms. The molecule has 2 aromatic carbocycles. The number of ether oxygens (including phenoxy) is 1. The second-order valence-electron chi connectivity index (χ2n) is 14.2. The number of aromatic nitrogens is 3. The summed E-state index contributed by atoms with van der Waals surface area (Å²) in [7, 11) is 0. The molecule has 0 aliphatic carbocycles. The van der Waals surface area contributed by atoms with Gasteiger partial charge in [-0.1, -0.05) is 42.5 Å². The first-order valence-corrected chi connectivity index (χ1v) is 18.8. The number of anilines is 1. The number of pyridine rings is 1. The van der Waals surface area contributed by atoms with Crippen molar-refractivity contribution in [2.45, 2.75) is 50.4 Å². The third-order valence-electron chi connectivity index (χ3n) is 10.4. The molecule has 3 aromatic heterocycles. The van der Waals surface area contributed by atoms with Crippen LogP contribution in [0.3, 0.4) is 0 Å². The number of carbonyl (C=O) groups excluding carboxylic acids is 2. The van der Waals surface area contributed by atoms with Crippen molar-refractivity contribution in [2.24, 2.45) is 5.92 Å². The highest BCUT2D eigenvalue weighted by Crippen LogP contribution is 2.38. The van der Waals surface area contributed by atoms with E-state index in [9.17, 15) is 32.7 Å². The Morgan fingerprint density at radius 3 is 2.45 bits per heavy atom. The number of alkyl halides is 3. The van der Waals surface area contributed by atoms with Crippen LogP contribution in [0, 0.1) is 18.7 Å². The Morgan fingerprint density at radius 1 is 1.00 bits per heavy atom. The van der Waals surface area contributed by atoms with E-state index in [1.807, 2.05) is 49.4 Å². The molecule has 2 aliphatic heterocycles. The minimum absolute atomic E-state index is 0.00132. The van der Waals surface area contributed by atoms with Crippen molar-refractivity contribution in [1.29, 1.82) is 0 Å². The van der Waals surface area contributed by atoms with Crippen LogP contribution in [0.25, 0.3) is 10.4 Å². The van der Waals surface area contributed by atoms with E-state index in [2.05, 4.69) is 9.97 Å². The number of amides is 2. The zero-order chi connectivity index (χ0) is 39.8. The third kappa shape index (κ3) is 8.16. The summed E-state index contributed by atoms with van der Waals surface area (Å²) < 4.78 is 61.2. The molecule has 3 N–H and O–H groups in total. The first-order chi connectivity index (χ1) is 26.7. The lowest BCUT2D eigenvalue weighted by Crippen LogP contribution is -2.53. The molecule has 5 heterocycles. The molecule has 2 aliphatic rings. The Hall–Kier alpha value is -5.61. The van der Waals surface area contributed by atoms with Gasteiger partial charge in [-0.25, -0.2) is 9.37 Å². The molecule has 11 nitrogen and oxygen atoms in total. The number of likely N-dealkylation sites (tertiary alicyclic amines) is 2. The summed E-state index contributed by atoms with van der Waals surface area (Å²) in [4.78, 5) is 53.3. The van der Waals surface area contributed by atoms with Gasteiger partial charge in [-0.2, -0.15) is 13.2 Å². The van der Waals surface area contributed by atoms with Crippen molar-refractivity contribution >= 4 is 28.8 Å². The molecule has 0 unspecified atom stereocenters. The van der Waals surface area contributed by atoms with E-state index in [4.69, 9.17) is 10.5 Å². The molecule has 2 fully saturated rings. The largest absolute Gasteiger partial charge is 0.437 e. The molecule has 0 saturated carbocycles. The van der Waals surface area contributed by atoms with Gasteiger partial charge in [-0.05, 0) is 62.1 Å². The fraction of sp³-hybridized carbons (Fsp3) is 0.325. The molecule has 56 heavy (non-hydrogen) atoms. The molecule has 2 saturated heterocycles. The Morgan fingerprint density at radius 2 is 1.75 bits per heavy atom. The Kier molecular flexibility index (Phi) is 10.7. The van der Waals surface area contributed by atoms with Crippen molar-refractivity contribution in [3.8, 4) is 22.1 Å². The normalized spacial score (nSPS) is 18.5. The zero-order valence-electron chi connectivity index (χ0n) is 30.2. The number of hydrogen-bond donors (Lipinski definition) is 2. The van der Waals surface area contributed by atoms with Crippen LogP contribution in [0.4, 0.5) is 23.2 Å². The summed E-state index contributed by atoms with van der Waals surface area (Å²) in [6.07, 6.45) is -1.22. The van der Waals surface area contributed by atoms with Crippen LogP contribution >= 0.6 is 11.3 Å². The number of aryl methyl sites for hydroxylation is 1. The van der Waals surface area contributed by atoms with Crippen LogP contribution in [0.5, 0.6) is 11.6 Å². The van der Waals surface area contributed by atoms with Crippen molar-refractivity contribution in [3.63, 3.8) is 0 Å². The van der Waals surface area contributed by atoms with Crippen molar-refractivity contribution < 1.29 is 37.0 Å². The summed E-state index contributed by atoms with van der Waals surface area (Å²) in [5.74, 6) is -2.59. The predicted molar refractivity (Wildman–Crippen MR) is 201 cm³/mol. The monoisotopic (exact) mass is 790 g/mol. The van der Waals surface area contributed by atoms with Gasteiger partial charge in [0.25, 0.3) is 11.5 Å². The molecular weight excluding hydrogens is 753 g/mol. The quantitative estimate of drug-likeness (QED) is 0.170. The van der Waals surface area contributed by atoms with Crippen LogP contribution in [-0.4, -0.2) is 73.0 Å². The lowest BCUT2D eigenvalue weighted by atomic mass is 9.79. The maximum Gasteiger partial charge on any atom is 0.416 e. The number of carbonyl (C=O) groups is 2. The van der Waals surface area contributed by atoms with Crippen LogP contribution in [0.15, 0.2) is 90.1 Å². The second kappa shape index (κ2) is 15.5. The standard InChI is InChI=1S/C40H38F4N6O5S/c1-24-10-11-26(20-46-24)32-19-31(41)34(56-32)38(53)49-15-12-29(30(21-49)25-6-3-2-4-7-25)36(51)48-16-13-39(54,14-17-48)22-50-23-47-35(33(45)37(50)52)55-28-9-5-8-27(18-28)40(42,43)44/h2-11,18-20,23,29-30,54H,12-17,21-22,45H2,1H3/t29-,30+/m1/s1. The molecule has 0 spiro atoms. The highest BCUT2D eigenvalue weighted by atomic mass is 32.1. The number of rotatable bonds is 8. The first-order valence-electron chi connectivity index (χ1n) is 18.0. The van der Waals surface area contributed by atoms with Crippen molar-refractivity contribution in [2.75, 3.05) is 31.9 Å². The average Bonchev–Trinajstić information content (AvgIpc) is 3.58. The van der Waals surface area contributed by atoms with E-state index in [-0.39, 0.29) is 73.9 Å². The SMILES string of the molecule is Cc1ccc(-c2cc(F)c(C(=O)N3CC[C@@H](C(=O)N4CCC(O)(Cn5cnc(Oc6cccc(C(F)(F)F)c6)c(N)c5=O)CC4)[C@H](c4ccccc4)C3)s2)cn1. The van der Waals surface area contributed by atoms with E-state index < -0.39 is 46.2 Å². The Bertz CT molecular complexity index is 2290. The molecule has 2 amide bonds. The highest BCUT2D eigenvalue weighted by molar-refractivity contribution is 7.17. The number of benzene rings is 2. The number of halogens is 4. The smallest absolute Gasteiger partial charge is 0.416 e. The van der Waals surface area contributed by atoms with Crippen molar-refractivity contribution in [3.05, 3.63) is 123 Å². The molecule has 292 valence electrons. The predicted octanol–water partition coefficient (Wildman–Crippen LogP) is 6.51. The number of aliphatic hydroxyl groups is 1. The van der Waals surface area contributed by atoms with Gasteiger partial charge < -0.3 is 25.4 Å². The fourth-order valence-corrected chi connectivity index (χ4v) is 8.26. The lowest BCUT2D eigenvalue weighted by Gasteiger charge is -2.43. The topological polar surface area (TPSA) is 144 Å². The van der Waals surface area contributed by atoms with Gasteiger partial charge in [0.05, 0.1) is 17.7 Å². The third-order valence-corrected chi connectivity index (χ3v) is 11.6. The molecule has 5 aromatic rings. The van der Waals surface area contributed by atoms with Crippen molar-refractivity contribution in [1.82, 2.24) is 24.3 Å². The number of nitrogens with two attached hydrogens (primary N) is 1.